The van der Waals surface area contributed by atoms with Gasteiger partial charge in [0.1, 0.15) is 6.33 Å². The Balaban J connectivity index is 2.95. The van der Waals surface area contributed by atoms with Crippen LogP contribution in [-0.2, 0) is 7.05 Å². The molecule has 0 saturated heterocycles. The van der Waals surface area contributed by atoms with Crippen molar-refractivity contribution in [3.63, 3.8) is 0 Å². The highest BCUT2D eigenvalue weighted by Crippen LogP contribution is 2.03. The lowest BCUT2D eigenvalue weighted by molar-refractivity contribution is 0.681. The predicted octanol–water partition coefficient (Wildman–Crippen LogP) is 0.376. The average Bonchev–Trinajstić information content (AvgIpc) is 2.41. The van der Waals surface area contributed by atoms with Crippen molar-refractivity contribution in [1.29, 1.82) is 0 Å². The summed E-state index contributed by atoms with van der Waals surface area (Å²) in [5.41, 5.74) is 2.09. The minimum Gasteiger partial charge on any atom is -0.286 e. The topological polar surface area (TPSA) is 35.1 Å². The lowest BCUT2D eigenvalue weighted by Crippen LogP contribution is -1.98. The molecule has 0 saturated carbocycles. The van der Waals surface area contributed by atoms with Gasteiger partial charge < -0.3 is 0 Å². The summed E-state index contributed by atoms with van der Waals surface area (Å²) in [4.78, 5) is 0. The van der Waals surface area contributed by atoms with E-state index in [1.165, 1.54) is 5.69 Å². The van der Waals surface area contributed by atoms with Crippen molar-refractivity contribution >= 4 is 5.65 Å². The van der Waals surface area contributed by atoms with Gasteiger partial charge in [0.2, 0.25) is 0 Å². The second-order valence-corrected chi connectivity index (χ2v) is 2.34. The molecule has 0 amide bonds. The van der Waals surface area contributed by atoms with E-state index >= 15 is 0 Å². The fourth-order valence-corrected chi connectivity index (χ4v) is 1.02. The molecule has 0 bridgehead atoms. The quantitative estimate of drug-likeness (QED) is 0.524. The van der Waals surface area contributed by atoms with E-state index in [0.717, 1.165) is 5.65 Å². The van der Waals surface area contributed by atoms with Gasteiger partial charge in [0.15, 0.2) is 5.65 Å². The maximum absolute atomic E-state index is 3.89. The fourth-order valence-electron chi connectivity index (χ4n) is 1.02. The van der Waals surface area contributed by atoms with Gasteiger partial charge in [0.05, 0.1) is 0 Å². The highest BCUT2D eigenvalue weighted by atomic mass is 15.4. The highest BCUT2D eigenvalue weighted by Gasteiger charge is 2.00. The summed E-state index contributed by atoms with van der Waals surface area (Å²) in [7, 11) is 1.98. The van der Waals surface area contributed by atoms with Crippen LogP contribution < -0.4 is 0 Å². The van der Waals surface area contributed by atoms with E-state index in [4.69, 9.17) is 0 Å². The van der Waals surface area contributed by atoms with Gasteiger partial charge in [0.25, 0.3) is 0 Å². The lowest BCUT2D eigenvalue weighted by atomic mass is 10.5. The van der Waals surface area contributed by atoms with Crippen LogP contribution in [0, 0.1) is 6.92 Å². The molecule has 10 heavy (non-hydrogen) atoms. The Hall–Kier alpha value is -1.32. The molecule has 0 N–H and O–H groups in total. The standard InChI is InChI=1S/C6H8N4/c1-5-3-6-8-7-4-10(6)9(5)2/h3-4H,1-2H3. The van der Waals surface area contributed by atoms with Crippen LogP contribution in [0.4, 0.5) is 0 Å². The van der Waals surface area contributed by atoms with Crippen LogP contribution in [0.1, 0.15) is 5.69 Å². The number of hydrogen-bond acceptors (Lipinski definition) is 2. The molecular formula is C6H8N4. The molecule has 2 aromatic heterocycles. The summed E-state index contributed by atoms with van der Waals surface area (Å²) in [6, 6.07) is 1.99. The molecule has 52 valence electrons. The number of hydrogen-bond donors (Lipinski definition) is 0. The molecule has 4 heteroatoms. The Morgan fingerprint density at radius 1 is 1.50 bits per heavy atom. The molecular weight excluding hydrogens is 128 g/mol. The molecule has 0 aliphatic carbocycles. The molecule has 0 spiro atoms. The van der Waals surface area contributed by atoms with Crippen molar-refractivity contribution in [2.75, 3.05) is 0 Å². The lowest BCUT2D eigenvalue weighted by Gasteiger charge is -1.94. The van der Waals surface area contributed by atoms with Gasteiger partial charge in [-0.25, -0.2) is 4.52 Å². The summed E-state index contributed by atoms with van der Waals surface area (Å²) < 4.78 is 3.89. The maximum Gasteiger partial charge on any atom is 0.177 e. The summed E-state index contributed by atoms with van der Waals surface area (Å²) in [6.45, 7) is 2.04. The van der Waals surface area contributed by atoms with Crippen molar-refractivity contribution in [3.8, 4) is 0 Å². The first-order chi connectivity index (χ1) is 4.79. The van der Waals surface area contributed by atoms with Crippen LogP contribution in [-0.4, -0.2) is 19.4 Å². The number of fused-ring (bicyclic) bond motifs is 1. The first-order valence-corrected chi connectivity index (χ1v) is 3.11. The number of aromatic nitrogens is 4. The second-order valence-electron chi connectivity index (χ2n) is 2.34. The SMILES string of the molecule is Cc1cc2nncn2n1C. The van der Waals surface area contributed by atoms with E-state index in [-0.39, 0.29) is 0 Å². The average molecular weight is 136 g/mol. The number of aryl methyl sites for hydroxylation is 2. The largest absolute Gasteiger partial charge is 0.286 e. The molecule has 4 nitrogen and oxygen atoms in total. The molecule has 0 aliphatic rings. The highest BCUT2D eigenvalue weighted by molar-refractivity contribution is 5.37. The van der Waals surface area contributed by atoms with Gasteiger partial charge in [-0.1, -0.05) is 0 Å². The predicted molar refractivity (Wildman–Crippen MR) is 36.7 cm³/mol. The van der Waals surface area contributed by atoms with Gasteiger partial charge >= 0.3 is 0 Å². The summed E-state index contributed by atoms with van der Waals surface area (Å²) in [5, 5.41) is 7.65. The Kier molecular flexibility index (Phi) is 0.869. The van der Waals surface area contributed by atoms with E-state index in [2.05, 4.69) is 10.2 Å². The van der Waals surface area contributed by atoms with Crippen LogP contribution in [0.15, 0.2) is 12.4 Å². The zero-order valence-corrected chi connectivity index (χ0v) is 5.94. The second kappa shape index (κ2) is 1.59. The smallest absolute Gasteiger partial charge is 0.177 e. The molecule has 0 aliphatic heterocycles. The van der Waals surface area contributed by atoms with Crippen LogP contribution >= 0.6 is 0 Å². The van der Waals surface area contributed by atoms with Crippen LogP contribution in [0.2, 0.25) is 0 Å². The molecule has 0 fully saturated rings. The van der Waals surface area contributed by atoms with E-state index < -0.39 is 0 Å². The minimum absolute atomic E-state index is 0.903. The van der Waals surface area contributed by atoms with Gasteiger partial charge in [-0.15, -0.1) is 10.2 Å². The molecule has 0 aromatic carbocycles. The number of nitrogens with zero attached hydrogens (tertiary/aromatic N) is 4. The molecule has 2 rings (SSSR count). The molecule has 0 atom stereocenters. The van der Waals surface area contributed by atoms with Crippen molar-refractivity contribution in [1.82, 2.24) is 19.4 Å². The molecule has 0 radical (unpaired) electrons. The third-order valence-electron chi connectivity index (χ3n) is 1.73. The van der Waals surface area contributed by atoms with Crippen molar-refractivity contribution < 1.29 is 0 Å². The molecule has 2 aromatic rings. The summed E-state index contributed by atoms with van der Waals surface area (Å²) in [6.07, 6.45) is 1.70. The van der Waals surface area contributed by atoms with E-state index in [1.807, 2.05) is 29.2 Å². The van der Waals surface area contributed by atoms with Gasteiger partial charge in [-0.2, -0.15) is 0 Å². The van der Waals surface area contributed by atoms with Crippen LogP contribution in [0.25, 0.3) is 5.65 Å². The van der Waals surface area contributed by atoms with Crippen LogP contribution in [0.5, 0.6) is 0 Å². The van der Waals surface area contributed by atoms with Crippen molar-refractivity contribution in [2.45, 2.75) is 6.92 Å². The van der Waals surface area contributed by atoms with E-state index in [1.54, 1.807) is 6.33 Å². The Morgan fingerprint density at radius 2 is 2.30 bits per heavy atom. The third-order valence-corrected chi connectivity index (χ3v) is 1.73. The minimum atomic E-state index is 0.903. The van der Waals surface area contributed by atoms with Gasteiger partial charge in [0, 0.05) is 18.8 Å². The Labute approximate surface area is 58.1 Å². The number of rotatable bonds is 0. The van der Waals surface area contributed by atoms with Crippen LogP contribution in [0.3, 0.4) is 0 Å². The third kappa shape index (κ3) is 0.504. The summed E-state index contributed by atoms with van der Waals surface area (Å²) >= 11 is 0. The molecule has 2 heterocycles. The van der Waals surface area contributed by atoms with Gasteiger partial charge in [-0.05, 0) is 6.92 Å². The Bertz CT molecular complexity index is 357. The van der Waals surface area contributed by atoms with E-state index in [9.17, 15) is 0 Å². The van der Waals surface area contributed by atoms with Gasteiger partial charge in [-0.3, -0.25) is 4.68 Å². The summed E-state index contributed by atoms with van der Waals surface area (Å²) in [5.74, 6) is 0. The van der Waals surface area contributed by atoms with Crippen molar-refractivity contribution in [3.05, 3.63) is 18.1 Å². The zero-order valence-electron chi connectivity index (χ0n) is 5.94. The van der Waals surface area contributed by atoms with Crippen molar-refractivity contribution in [2.24, 2.45) is 7.05 Å². The normalized spacial score (nSPS) is 11.0. The Morgan fingerprint density at radius 3 is 3.00 bits per heavy atom. The fraction of sp³-hybridized carbons (Fsp3) is 0.333. The maximum atomic E-state index is 3.89. The van der Waals surface area contributed by atoms with E-state index in [0.29, 0.717) is 0 Å². The monoisotopic (exact) mass is 136 g/mol. The molecule has 0 unspecified atom stereocenters. The zero-order chi connectivity index (χ0) is 7.14. The first kappa shape index (κ1) is 5.46. The first-order valence-electron chi connectivity index (χ1n) is 3.11.